The molecule has 2 N–H and O–H groups in total. The van der Waals surface area contributed by atoms with Crippen LogP contribution >= 0.6 is 0 Å². The second kappa shape index (κ2) is 6.69. The molecule has 1 aliphatic rings. The number of benzene rings is 1. The van der Waals surface area contributed by atoms with Crippen LogP contribution in [-0.2, 0) is 21.9 Å². The maximum Gasteiger partial charge on any atom is 0.328 e. The molecule has 1 aromatic heterocycles. The molecule has 2 aromatic rings. The van der Waals surface area contributed by atoms with Crippen LogP contribution in [0.1, 0.15) is 13.3 Å². The molecule has 3 rings (SSSR count). The maximum atomic E-state index is 12.9. The lowest BCUT2D eigenvalue weighted by atomic mass is 10.1. The highest BCUT2D eigenvalue weighted by molar-refractivity contribution is 7.89. The number of hydrogen-bond donors (Lipinski definition) is 2. The van der Waals surface area contributed by atoms with Crippen molar-refractivity contribution in [3.05, 3.63) is 39.0 Å². The zero-order chi connectivity index (χ0) is 19.1. The van der Waals surface area contributed by atoms with Crippen LogP contribution in [0.15, 0.2) is 32.7 Å². The smallest absolute Gasteiger partial charge is 0.328 e. The van der Waals surface area contributed by atoms with E-state index in [1.54, 1.807) is 6.92 Å². The second-order valence-electron chi connectivity index (χ2n) is 6.24. The van der Waals surface area contributed by atoms with Crippen molar-refractivity contribution in [1.29, 1.82) is 0 Å². The first-order valence-corrected chi connectivity index (χ1v) is 9.70. The van der Waals surface area contributed by atoms with Crippen LogP contribution in [-0.4, -0.2) is 47.8 Å². The molecule has 0 aliphatic carbocycles. The molecule has 1 aliphatic heterocycles. The van der Waals surface area contributed by atoms with Crippen molar-refractivity contribution in [3.63, 3.8) is 0 Å². The number of fused-ring (bicyclic) bond motifs is 1. The minimum Gasteiger partial charge on any atom is -0.356 e. The first-order valence-electron chi connectivity index (χ1n) is 8.26. The van der Waals surface area contributed by atoms with Gasteiger partial charge in [-0.3, -0.25) is 14.2 Å². The van der Waals surface area contributed by atoms with E-state index in [1.165, 1.54) is 29.6 Å². The van der Waals surface area contributed by atoms with Crippen molar-refractivity contribution >= 4 is 26.8 Å². The summed E-state index contributed by atoms with van der Waals surface area (Å²) in [6.07, 6.45) is 0.452. The Labute approximate surface area is 149 Å². The van der Waals surface area contributed by atoms with E-state index >= 15 is 0 Å². The van der Waals surface area contributed by atoms with Crippen LogP contribution in [0.25, 0.3) is 10.9 Å². The normalized spacial score (nSPS) is 18.3. The minimum atomic E-state index is -3.84. The highest BCUT2D eigenvalue weighted by Gasteiger charge is 2.35. The van der Waals surface area contributed by atoms with Gasteiger partial charge in [-0.1, -0.05) is 0 Å². The molecule has 1 saturated heterocycles. The molecule has 0 spiro atoms. The Balaban J connectivity index is 1.97. The Hall–Kier alpha value is -2.46. The Morgan fingerprint density at radius 1 is 1.35 bits per heavy atom. The van der Waals surface area contributed by atoms with E-state index < -0.39 is 21.3 Å². The second-order valence-corrected chi connectivity index (χ2v) is 8.18. The number of nitrogens with zero attached hydrogens (tertiary/aromatic N) is 2. The lowest BCUT2D eigenvalue weighted by molar-refractivity contribution is -0.124. The molecule has 140 valence electrons. The van der Waals surface area contributed by atoms with Crippen molar-refractivity contribution in [2.75, 3.05) is 19.6 Å². The molecule has 10 heteroatoms. The van der Waals surface area contributed by atoms with Gasteiger partial charge in [-0.05, 0) is 31.5 Å². The average molecular weight is 380 g/mol. The number of aromatic amines is 1. The first kappa shape index (κ1) is 18.3. The fraction of sp³-hybridized carbons (Fsp3) is 0.438. The van der Waals surface area contributed by atoms with E-state index in [-0.39, 0.29) is 40.7 Å². The summed E-state index contributed by atoms with van der Waals surface area (Å²) in [6, 6.07) is 4.03. The molecular formula is C16H20N4O5S. The maximum absolute atomic E-state index is 12.9. The Kier molecular flexibility index (Phi) is 4.72. The average Bonchev–Trinajstić information content (AvgIpc) is 3.11. The van der Waals surface area contributed by atoms with E-state index in [0.717, 1.165) is 4.57 Å². The van der Waals surface area contributed by atoms with E-state index in [0.29, 0.717) is 13.0 Å². The third-order valence-electron chi connectivity index (χ3n) is 4.58. The Morgan fingerprint density at radius 3 is 2.77 bits per heavy atom. The summed E-state index contributed by atoms with van der Waals surface area (Å²) in [4.78, 5) is 38.3. The summed E-state index contributed by atoms with van der Waals surface area (Å²) < 4.78 is 27.9. The monoisotopic (exact) mass is 380 g/mol. The molecule has 1 amide bonds. The van der Waals surface area contributed by atoms with Crippen molar-refractivity contribution < 1.29 is 13.2 Å². The lowest BCUT2D eigenvalue weighted by Gasteiger charge is -2.17. The van der Waals surface area contributed by atoms with Gasteiger partial charge >= 0.3 is 5.69 Å². The molecule has 1 unspecified atom stereocenters. The van der Waals surface area contributed by atoms with E-state index in [1.807, 2.05) is 0 Å². The number of carbonyl (C=O) groups is 1. The molecular weight excluding hydrogens is 360 g/mol. The number of H-pyrrole nitrogens is 1. The molecule has 0 bridgehead atoms. The summed E-state index contributed by atoms with van der Waals surface area (Å²) in [6.45, 7) is 2.65. The van der Waals surface area contributed by atoms with Gasteiger partial charge < -0.3 is 10.3 Å². The third kappa shape index (κ3) is 3.06. The molecule has 0 radical (unpaired) electrons. The Morgan fingerprint density at radius 2 is 2.08 bits per heavy atom. The van der Waals surface area contributed by atoms with Crippen LogP contribution in [0.5, 0.6) is 0 Å². The summed E-state index contributed by atoms with van der Waals surface area (Å²) in [5.41, 5.74) is -0.858. The van der Waals surface area contributed by atoms with Crippen molar-refractivity contribution in [2.45, 2.75) is 18.2 Å². The topological polar surface area (TPSA) is 121 Å². The van der Waals surface area contributed by atoms with Gasteiger partial charge in [0.15, 0.2) is 0 Å². The predicted molar refractivity (Wildman–Crippen MR) is 95.4 cm³/mol. The van der Waals surface area contributed by atoms with Crippen LogP contribution in [0, 0.1) is 5.92 Å². The lowest BCUT2D eigenvalue weighted by Crippen LogP contribution is -2.35. The number of rotatable bonds is 4. The van der Waals surface area contributed by atoms with Gasteiger partial charge in [-0.25, -0.2) is 13.2 Å². The molecule has 9 nitrogen and oxygen atoms in total. The van der Waals surface area contributed by atoms with Gasteiger partial charge in [0.1, 0.15) is 0 Å². The zero-order valence-electron chi connectivity index (χ0n) is 14.5. The molecule has 26 heavy (non-hydrogen) atoms. The number of carbonyl (C=O) groups excluding carboxylic acids is 1. The van der Waals surface area contributed by atoms with Gasteiger partial charge in [0.2, 0.25) is 15.9 Å². The first-order chi connectivity index (χ1) is 12.3. The van der Waals surface area contributed by atoms with Crippen LogP contribution in [0.4, 0.5) is 0 Å². The van der Waals surface area contributed by atoms with Crippen LogP contribution in [0.2, 0.25) is 0 Å². The number of aromatic nitrogens is 2. The largest absolute Gasteiger partial charge is 0.356 e. The SMILES string of the molecule is CCNC(=O)C1CCN(S(=O)(=O)c2ccc3[nH]c(=O)n(C)c(=O)c3c2)C1. The molecule has 1 fully saturated rings. The third-order valence-corrected chi connectivity index (χ3v) is 6.44. The van der Waals surface area contributed by atoms with Gasteiger partial charge in [-0.15, -0.1) is 0 Å². The number of sulfonamides is 1. The fourth-order valence-corrected chi connectivity index (χ4v) is 4.60. The number of amides is 1. The summed E-state index contributed by atoms with van der Waals surface area (Å²) in [5.74, 6) is -0.537. The van der Waals surface area contributed by atoms with Gasteiger partial charge in [0.05, 0.1) is 21.7 Å². The van der Waals surface area contributed by atoms with Gasteiger partial charge in [-0.2, -0.15) is 4.31 Å². The minimum absolute atomic E-state index is 0.0364. The number of hydrogen-bond acceptors (Lipinski definition) is 5. The fourth-order valence-electron chi connectivity index (χ4n) is 3.07. The zero-order valence-corrected chi connectivity index (χ0v) is 15.3. The number of nitrogens with one attached hydrogen (secondary N) is 2. The summed E-state index contributed by atoms with van der Waals surface area (Å²) in [7, 11) is -2.52. The van der Waals surface area contributed by atoms with E-state index in [4.69, 9.17) is 0 Å². The van der Waals surface area contributed by atoms with Crippen LogP contribution in [0.3, 0.4) is 0 Å². The van der Waals surface area contributed by atoms with Crippen molar-refractivity contribution in [3.8, 4) is 0 Å². The predicted octanol–water partition coefficient (Wildman–Crippen LogP) is -0.626. The molecule has 2 heterocycles. The van der Waals surface area contributed by atoms with Crippen molar-refractivity contribution in [1.82, 2.24) is 19.2 Å². The highest BCUT2D eigenvalue weighted by Crippen LogP contribution is 2.25. The van der Waals surface area contributed by atoms with E-state index in [2.05, 4.69) is 10.3 Å². The molecule has 1 aromatic carbocycles. The van der Waals surface area contributed by atoms with E-state index in [9.17, 15) is 22.8 Å². The standard InChI is InChI=1S/C16H20N4O5S/c1-3-17-14(21)10-6-7-20(9-10)26(24,25)11-4-5-13-12(8-11)15(22)19(2)16(23)18-13/h4-5,8,10H,3,6-7,9H2,1-2H3,(H,17,21)(H,18,23). The summed E-state index contributed by atoms with van der Waals surface area (Å²) in [5, 5.41) is 2.82. The van der Waals surface area contributed by atoms with Gasteiger partial charge in [0.25, 0.3) is 5.56 Å². The molecule has 0 saturated carbocycles. The van der Waals surface area contributed by atoms with Gasteiger partial charge in [0, 0.05) is 26.7 Å². The summed E-state index contributed by atoms with van der Waals surface area (Å²) >= 11 is 0. The Bertz CT molecular complexity index is 1090. The quantitative estimate of drug-likeness (QED) is 0.732. The van der Waals surface area contributed by atoms with Crippen LogP contribution < -0.4 is 16.6 Å². The highest BCUT2D eigenvalue weighted by atomic mass is 32.2. The molecule has 1 atom stereocenters. The van der Waals surface area contributed by atoms with Crippen molar-refractivity contribution in [2.24, 2.45) is 13.0 Å².